The predicted octanol–water partition coefficient (Wildman–Crippen LogP) is 3.16. The van der Waals surface area contributed by atoms with Gasteiger partial charge in [-0.3, -0.25) is 9.48 Å². The molecule has 106 valence electrons. The van der Waals surface area contributed by atoms with Crippen molar-refractivity contribution in [3.8, 4) is 5.75 Å². The molecule has 7 heteroatoms. The topological polar surface area (TPSA) is 56.1 Å². The minimum Gasteiger partial charge on any atom is -0.482 e. The number of hydrogen-bond acceptors (Lipinski definition) is 3. The Kier molecular flexibility index (Phi) is 4.67. The van der Waals surface area contributed by atoms with Gasteiger partial charge in [-0.2, -0.15) is 5.10 Å². The first kappa shape index (κ1) is 14.9. The highest BCUT2D eigenvalue weighted by molar-refractivity contribution is 9.10. The number of aromatic nitrogens is 2. The number of amides is 1. The molecule has 0 saturated carbocycles. The molecule has 0 aliphatic rings. The normalized spacial score (nSPS) is 10.4. The van der Waals surface area contributed by atoms with E-state index in [4.69, 9.17) is 16.3 Å². The summed E-state index contributed by atoms with van der Waals surface area (Å²) in [5.41, 5.74) is 0.833. The summed E-state index contributed by atoms with van der Waals surface area (Å²) < 4.78 is 7.83. The van der Waals surface area contributed by atoms with E-state index in [1.807, 2.05) is 6.92 Å². The molecule has 0 aliphatic heterocycles. The summed E-state index contributed by atoms with van der Waals surface area (Å²) in [6.45, 7) is 1.74. The number of aryl methyl sites for hydroxylation is 2. The number of halogens is 2. The van der Waals surface area contributed by atoms with Crippen molar-refractivity contribution in [2.75, 3.05) is 11.9 Å². The highest BCUT2D eigenvalue weighted by Crippen LogP contribution is 2.27. The van der Waals surface area contributed by atoms with Gasteiger partial charge in [-0.1, -0.05) is 27.5 Å². The first-order chi connectivity index (χ1) is 9.45. The van der Waals surface area contributed by atoms with E-state index in [0.29, 0.717) is 16.6 Å². The van der Waals surface area contributed by atoms with Gasteiger partial charge >= 0.3 is 0 Å². The summed E-state index contributed by atoms with van der Waals surface area (Å²) in [5, 5.41) is 7.31. The molecule has 5 nitrogen and oxygen atoms in total. The van der Waals surface area contributed by atoms with E-state index in [1.165, 1.54) is 0 Å². The molecule has 1 amide bonds. The highest BCUT2D eigenvalue weighted by atomic mass is 79.9. The van der Waals surface area contributed by atoms with Crippen LogP contribution in [0, 0.1) is 6.92 Å². The average Bonchev–Trinajstić information content (AvgIpc) is 2.66. The zero-order valence-electron chi connectivity index (χ0n) is 11.0. The molecule has 20 heavy (non-hydrogen) atoms. The minimum absolute atomic E-state index is 0.119. The van der Waals surface area contributed by atoms with Crippen molar-refractivity contribution < 1.29 is 9.53 Å². The van der Waals surface area contributed by atoms with Crippen molar-refractivity contribution >= 4 is 39.3 Å². The lowest BCUT2D eigenvalue weighted by Crippen LogP contribution is -2.21. The quantitative estimate of drug-likeness (QED) is 0.913. The third-order valence-electron chi connectivity index (χ3n) is 2.52. The molecule has 1 N–H and O–H groups in total. The van der Waals surface area contributed by atoms with Crippen LogP contribution in [0.2, 0.25) is 5.02 Å². The Labute approximate surface area is 130 Å². The van der Waals surface area contributed by atoms with Crippen LogP contribution < -0.4 is 10.1 Å². The maximum absolute atomic E-state index is 11.8. The van der Waals surface area contributed by atoms with Crippen LogP contribution in [0.15, 0.2) is 28.7 Å². The van der Waals surface area contributed by atoms with E-state index in [2.05, 4.69) is 26.3 Å². The van der Waals surface area contributed by atoms with E-state index in [-0.39, 0.29) is 12.5 Å². The van der Waals surface area contributed by atoms with E-state index < -0.39 is 0 Å². The second-order valence-corrected chi connectivity index (χ2v) is 5.53. The summed E-state index contributed by atoms with van der Waals surface area (Å²) >= 11 is 9.30. The van der Waals surface area contributed by atoms with Gasteiger partial charge in [0, 0.05) is 17.6 Å². The summed E-state index contributed by atoms with van der Waals surface area (Å²) in [7, 11) is 1.76. The number of hydrogen-bond donors (Lipinski definition) is 1. The van der Waals surface area contributed by atoms with Gasteiger partial charge in [-0.05, 0) is 25.1 Å². The molecular formula is C13H13BrClN3O2. The Bertz CT molecular complexity index is 643. The van der Waals surface area contributed by atoms with Crippen LogP contribution in [-0.2, 0) is 11.8 Å². The number of rotatable bonds is 4. The average molecular weight is 359 g/mol. The lowest BCUT2D eigenvalue weighted by molar-refractivity contribution is -0.118. The SMILES string of the molecule is Cc1cc(NC(=O)COc2ccc(Br)cc2Cl)n(C)n1. The summed E-state index contributed by atoms with van der Waals surface area (Å²) in [6.07, 6.45) is 0. The van der Waals surface area contributed by atoms with Crippen molar-refractivity contribution in [2.24, 2.45) is 7.05 Å². The van der Waals surface area contributed by atoms with Crippen molar-refractivity contribution in [2.45, 2.75) is 6.92 Å². The second kappa shape index (κ2) is 6.28. The van der Waals surface area contributed by atoms with E-state index in [0.717, 1.165) is 10.2 Å². The fourth-order valence-corrected chi connectivity index (χ4v) is 2.37. The lowest BCUT2D eigenvalue weighted by atomic mass is 10.3. The molecule has 0 aliphatic carbocycles. The van der Waals surface area contributed by atoms with Gasteiger partial charge < -0.3 is 10.1 Å². The third kappa shape index (κ3) is 3.74. The van der Waals surface area contributed by atoms with Crippen molar-refractivity contribution in [1.29, 1.82) is 0 Å². The standard InChI is InChI=1S/C13H13BrClN3O2/c1-8-5-12(18(2)17-8)16-13(19)7-20-11-4-3-9(14)6-10(11)15/h3-6H,7H2,1-2H3,(H,16,19). The minimum atomic E-state index is -0.271. The maximum Gasteiger partial charge on any atom is 0.263 e. The van der Waals surface area contributed by atoms with Crippen LogP contribution in [0.1, 0.15) is 5.69 Å². The molecule has 2 aromatic rings. The van der Waals surface area contributed by atoms with Crippen LogP contribution in [-0.4, -0.2) is 22.3 Å². The van der Waals surface area contributed by atoms with E-state index in [9.17, 15) is 4.79 Å². The number of nitrogens with one attached hydrogen (secondary N) is 1. The van der Waals surface area contributed by atoms with Gasteiger partial charge in [0.1, 0.15) is 11.6 Å². The molecule has 0 atom stereocenters. The zero-order chi connectivity index (χ0) is 14.7. The Morgan fingerprint density at radius 3 is 2.85 bits per heavy atom. The largest absolute Gasteiger partial charge is 0.482 e. The molecule has 1 aromatic heterocycles. The lowest BCUT2D eigenvalue weighted by Gasteiger charge is -2.09. The summed E-state index contributed by atoms with van der Waals surface area (Å²) in [4.78, 5) is 11.8. The van der Waals surface area contributed by atoms with Gasteiger partial charge in [-0.15, -0.1) is 0 Å². The van der Waals surface area contributed by atoms with Gasteiger partial charge in [0.2, 0.25) is 0 Å². The Morgan fingerprint density at radius 1 is 1.50 bits per heavy atom. The van der Waals surface area contributed by atoms with Crippen molar-refractivity contribution in [3.05, 3.63) is 39.5 Å². The van der Waals surface area contributed by atoms with Gasteiger partial charge in [-0.25, -0.2) is 0 Å². The van der Waals surface area contributed by atoms with Crippen LogP contribution in [0.25, 0.3) is 0 Å². The van der Waals surface area contributed by atoms with Crippen LogP contribution in [0.4, 0.5) is 5.82 Å². The number of carbonyl (C=O) groups excluding carboxylic acids is 1. The number of nitrogens with zero attached hydrogens (tertiary/aromatic N) is 2. The molecule has 1 aromatic carbocycles. The molecule has 2 rings (SSSR count). The molecular weight excluding hydrogens is 346 g/mol. The molecule has 0 saturated heterocycles. The first-order valence-corrected chi connectivity index (χ1v) is 7.01. The Hall–Kier alpha value is -1.53. The molecule has 0 unspecified atom stereocenters. The fourth-order valence-electron chi connectivity index (χ4n) is 1.64. The smallest absolute Gasteiger partial charge is 0.263 e. The van der Waals surface area contributed by atoms with Crippen molar-refractivity contribution in [3.63, 3.8) is 0 Å². The van der Waals surface area contributed by atoms with E-state index in [1.54, 1.807) is 36.0 Å². The first-order valence-electron chi connectivity index (χ1n) is 5.84. The van der Waals surface area contributed by atoms with Gasteiger partial charge in [0.25, 0.3) is 5.91 Å². The van der Waals surface area contributed by atoms with Gasteiger partial charge in [0.15, 0.2) is 6.61 Å². The second-order valence-electron chi connectivity index (χ2n) is 4.21. The highest BCUT2D eigenvalue weighted by Gasteiger charge is 2.09. The summed E-state index contributed by atoms with van der Waals surface area (Å²) in [5.74, 6) is 0.816. The molecule has 0 spiro atoms. The maximum atomic E-state index is 11.8. The Morgan fingerprint density at radius 2 is 2.25 bits per heavy atom. The summed E-state index contributed by atoms with van der Waals surface area (Å²) in [6, 6.07) is 6.99. The Balaban J connectivity index is 1.94. The number of benzene rings is 1. The zero-order valence-corrected chi connectivity index (χ0v) is 13.3. The van der Waals surface area contributed by atoms with Crippen LogP contribution >= 0.6 is 27.5 Å². The number of anilines is 1. The monoisotopic (exact) mass is 357 g/mol. The van der Waals surface area contributed by atoms with E-state index >= 15 is 0 Å². The van der Waals surface area contributed by atoms with Crippen molar-refractivity contribution in [1.82, 2.24) is 9.78 Å². The molecule has 1 heterocycles. The predicted molar refractivity (Wildman–Crippen MR) is 81.2 cm³/mol. The molecule has 0 bridgehead atoms. The van der Waals surface area contributed by atoms with Gasteiger partial charge in [0.05, 0.1) is 10.7 Å². The third-order valence-corrected chi connectivity index (χ3v) is 3.31. The molecule has 0 fully saturated rings. The number of ether oxygens (including phenoxy) is 1. The van der Waals surface area contributed by atoms with Crippen LogP contribution in [0.5, 0.6) is 5.75 Å². The fraction of sp³-hybridized carbons (Fsp3) is 0.231. The van der Waals surface area contributed by atoms with Crippen LogP contribution in [0.3, 0.4) is 0 Å². The molecule has 0 radical (unpaired) electrons. The number of carbonyl (C=O) groups is 1.